The van der Waals surface area contributed by atoms with Crippen LogP contribution in [0.25, 0.3) is 0 Å². The van der Waals surface area contributed by atoms with Crippen LogP contribution in [0.15, 0.2) is 12.4 Å². The number of nitrogens with two attached hydrogens (primary N) is 1. The van der Waals surface area contributed by atoms with Gasteiger partial charge in [0.25, 0.3) is 0 Å². The molecule has 0 aliphatic heterocycles. The molecule has 0 aliphatic rings. The van der Waals surface area contributed by atoms with Gasteiger partial charge in [0.1, 0.15) is 0 Å². The van der Waals surface area contributed by atoms with Crippen molar-refractivity contribution in [3.05, 3.63) is 12.4 Å². The van der Waals surface area contributed by atoms with Crippen molar-refractivity contribution in [2.45, 2.75) is 110 Å². The molecule has 0 atom stereocenters. The zero-order chi connectivity index (χ0) is 17.6. The number of nitrogens with zero attached hydrogens (tertiary/aromatic N) is 2. The average Bonchev–Trinajstić information content (AvgIpc) is 3.18. The Morgan fingerprint density at radius 2 is 0.917 bits per heavy atom. The van der Waals surface area contributed by atoms with Crippen molar-refractivity contribution in [1.29, 1.82) is 0 Å². The maximum Gasteiger partial charge on any atom is 0.0690 e. The van der Waals surface area contributed by atoms with Gasteiger partial charge in [0.15, 0.2) is 0 Å². The zero-order valence-electron chi connectivity index (χ0n) is 16.1. The maximum atomic E-state index is 5.48. The van der Waals surface area contributed by atoms with Gasteiger partial charge in [0, 0.05) is 0 Å². The fourth-order valence-corrected chi connectivity index (χ4v) is 2.86. The van der Waals surface area contributed by atoms with Crippen LogP contribution in [-0.4, -0.2) is 22.0 Å². The Morgan fingerprint density at radius 3 is 1.17 bits per heavy atom. The number of hydrogen-bond acceptors (Lipinski definition) is 3. The van der Waals surface area contributed by atoms with Crippen LogP contribution in [0, 0.1) is 0 Å². The molecule has 0 saturated carbocycles. The van der Waals surface area contributed by atoms with Gasteiger partial charge in [-0.25, -0.2) is 0 Å². The first-order valence-corrected chi connectivity index (χ1v) is 10.4. The summed E-state index contributed by atoms with van der Waals surface area (Å²) in [5.41, 5.74) is 5.48. The van der Waals surface area contributed by atoms with Crippen LogP contribution >= 0.6 is 0 Å². The molecule has 3 N–H and O–H groups in total. The van der Waals surface area contributed by atoms with Crippen LogP contribution in [-0.2, 0) is 0 Å². The number of hydrogen-bond donors (Lipinski definition) is 2. The Bertz CT molecular complexity index is 255. The Hall–Kier alpha value is -0.900. The van der Waals surface area contributed by atoms with Gasteiger partial charge in [-0.1, -0.05) is 103 Å². The molecule has 4 nitrogen and oxygen atoms in total. The number of aromatic amines is 1. The quantitative estimate of drug-likeness (QED) is 0.363. The molecule has 4 heteroatoms. The summed E-state index contributed by atoms with van der Waals surface area (Å²) in [5, 5.41) is 9.33. The lowest BCUT2D eigenvalue weighted by atomic mass is 10.0. The van der Waals surface area contributed by atoms with E-state index in [4.69, 9.17) is 5.73 Å². The topological polar surface area (TPSA) is 67.6 Å². The van der Waals surface area contributed by atoms with E-state index in [1.807, 2.05) is 0 Å². The second kappa shape index (κ2) is 22.1. The molecule has 0 radical (unpaired) electrons. The van der Waals surface area contributed by atoms with E-state index in [2.05, 4.69) is 22.3 Å². The monoisotopic (exact) mass is 338 g/mol. The lowest BCUT2D eigenvalue weighted by Crippen LogP contribution is -1.97. The molecule has 1 heterocycles. The smallest absolute Gasteiger partial charge is 0.0690 e. The summed E-state index contributed by atoms with van der Waals surface area (Å²) >= 11 is 0. The van der Waals surface area contributed by atoms with Gasteiger partial charge in [-0.2, -0.15) is 15.4 Å². The highest BCUT2D eigenvalue weighted by molar-refractivity contribution is 4.55. The highest BCUT2D eigenvalue weighted by Gasteiger charge is 1.94. The Balaban J connectivity index is 0.000000889. The summed E-state index contributed by atoms with van der Waals surface area (Å²) in [6.07, 6.45) is 26.0. The molecule has 1 aromatic rings. The predicted octanol–water partition coefficient (Wildman–Crippen LogP) is 6.01. The van der Waals surface area contributed by atoms with E-state index in [0.717, 1.165) is 6.54 Å². The standard InChI is InChI=1S/C18H39N.C2H3N3/c1-2-3-4-5-6-7-8-9-10-11-12-13-14-15-16-17-18-19;1-2-4-5-3-1/h2-19H2,1H3;1-2H,(H,3,4,5). The summed E-state index contributed by atoms with van der Waals surface area (Å²) in [4.78, 5) is 0. The maximum absolute atomic E-state index is 5.48. The SMILES string of the molecule is CCCCCCCCCCCCCCCCCCN.c1cn[nH]n1. The van der Waals surface area contributed by atoms with E-state index >= 15 is 0 Å². The number of aromatic nitrogens is 3. The van der Waals surface area contributed by atoms with Crippen LogP contribution in [0.3, 0.4) is 0 Å². The van der Waals surface area contributed by atoms with Gasteiger partial charge < -0.3 is 5.73 Å². The van der Waals surface area contributed by atoms with E-state index in [1.165, 1.54) is 103 Å². The van der Waals surface area contributed by atoms with Crippen molar-refractivity contribution in [1.82, 2.24) is 15.4 Å². The van der Waals surface area contributed by atoms with E-state index in [0.29, 0.717) is 0 Å². The molecule has 142 valence electrons. The van der Waals surface area contributed by atoms with Gasteiger partial charge >= 0.3 is 0 Å². The van der Waals surface area contributed by atoms with Crippen LogP contribution in [0.1, 0.15) is 110 Å². The van der Waals surface area contributed by atoms with Gasteiger partial charge in [-0.05, 0) is 13.0 Å². The van der Waals surface area contributed by atoms with E-state index in [-0.39, 0.29) is 0 Å². The van der Waals surface area contributed by atoms with Crippen LogP contribution in [0.2, 0.25) is 0 Å². The Morgan fingerprint density at radius 1 is 0.583 bits per heavy atom. The number of rotatable bonds is 16. The molecule has 1 rings (SSSR count). The fraction of sp³-hybridized carbons (Fsp3) is 0.900. The van der Waals surface area contributed by atoms with Gasteiger partial charge in [-0.3, -0.25) is 0 Å². The molecule has 0 unspecified atom stereocenters. The molecule has 0 fully saturated rings. The van der Waals surface area contributed by atoms with Crippen LogP contribution in [0.4, 0.5) is 0 Å². The third kappa shape index (κ3) is 21.1. The summed E-state index contributed by atoms with van der Waals surface area (Å²) in [6.45, 7) is 3.16. The minimum Gasteiger partial charge on any atom is -0.330 e. The van der Waals surface area contributed by atoms with E-state index < -0.39 is 0 Å². The molecular weight excluding hydrogens is 296 g/mol. The van der Waals surface area contributed by atoms with Crippen molar-refractivity contribution in [2.24, 2.45) is 5.73 Å². The first-order valence-electron chi connectivity index (χ1n) is 10.4. The predicted molar refractivity (Wildman–Crippen MR) is 105 cm³/mol. The molecule has 0 saturated heterocycles. The third-order valence-corrected chi connectivity index (χ3v) is 4.39. The van der Waals surface area contributed by atoms with Gasteiger partial charge in [0.05, 0.1) is 12.4 Å². The fourth-order valence-electron chi connectivity index (χ4n) is 2.86. The minimum atomic E-state index is 0.873. The summed E-state index contributed by atoms with van der Waals surface area (Å²) in [5.74, 6) is 0. The molecule has 0 aliphatic carbocycles. The van der Waals surface area contributed by atoms with E-state index in [1.54, 1.807) is 12.4 Å². The second-order valence-corrected chi connectivity index (χ2v) is 6.75. The van der Waals surface area contributed by atoms with Gasteiger partial charge in [0.2, 0.25) is 0 Å². The lowest BCUT2D eigenvalue weighted by Gasteiger charge is -2.03. The van der Waals surface area contributed by atoms with Crippen molar-refractivity contribution >= 4 is 0 Å². The first kappa shape index (κ1) is 23.1. The van der Waals surface area contributed by atoms with Crippen molar-refractivity contribution in [3.63, 3.8) is 0 Å². The molecule has 1 aromatic heterocycles. The van der Waals surface area contributed by atoms with Crippen molar-refractivity contribution in [3.8, 4) is 0 Å². The number of H-pyrrole nitrogens is 1. The lowest BCUT2D eigenvalue weighted by molar-refractivity contribution is 0.530. The highest BCUT2D eigenvalue weighted by atomic mass is 15.3. The zero-order valence-corrected chi connectivity index (χ0v) is 16.1. The van der Waals surface area contributed by atoms with E-state index in [9.17, 15) is 0 Å². The Kier molecular flexibility index (Phi) is 21.3. The summed E-state index contributed by atoms with van der Waals surface area (Å²) in [6, 6.07) is 0. The number of nitrogens with one attached hydrogen (secondary N) is 1. The molecule has 0 bridgehead atoms. The second-order valence-electron chi connectivity index (χ2n) is 6.75. The molecule has 24 heavy (non-hydrogen) atoms. The molecule has 0 amide bonds. The Labute approximate surface area is 150 Å². The largest absolute Gasteiger partial charge is 0.330 e. The number of unbranched alkanes of at least 4 members (excludes halogenated alkanes) is 15. The molecule has 0 aromatic carbocycles. The van der Waals surface area contributed by atoms with Crippen molar-refractivity contribution < 1.29 is 0 Å². The molecular formula is C20H42N4. The third-order valence-electron chi connectivity index (χ3n) is 4.39. The minimum absolute atomic E-state index is 0.873. The highest BCUT2D eigenvalue weighted by Crippen LogP contribution is 2.13. The van der Waals surface area contributed by atoms with Crippen LogP contribution in [0.5, 0.6) is 0 Å². The first-order chi connectivity index (χ1) is 11.9. The van der Waals surface area contributed by atoms with Crippen LogP contribution < -0.4 is 5.73 Å². The summed E-state index contributed by atoms with van der Waals surface area (Å²) in [7, 11) is 0. The van der Waals surface area contributed by atoms with Gasteiger partial charge in [-0.15, -0.1) is 0 Å². The van der Waals surface area contributed by atoms with Crippen molar-refractivity contribution in [2.75, 3.05) is 6.54 Å². The average molecular weight is 339 g/mol. The summed E-state index contributed by atoms with van der Waals surface area (Å²) < 4.78 is 0. The molecule has 0 spiro atoms. The normalized spacial score (nSPS) is 10.4.